The topological polar surface area (TPSA) is 140 Å². The summed E-state index contributed by atoms with van der Waals surface area (Å²) in [5, 5.41) is 49.0. The number of nitrogens with two attached hydrogens (primary N) is 1. The Balaban J connectivity index is 2.32. The van der Waals surface area contributed by atoms with E-state index in [9.17, 15) is 20.4 Å². The fraction of sp³-hybridized carbons (Fsp3) is 0.400. The summed E-state index contributed by atoms with van der Waals surface area (Å²) in [6, 6.07) is 14.3. The Bertz CT molecular complexity index is 730. The van der Waals surface area contributed by atoms with E-state index in [1.807, 2.05) is 37.3 Å². The van der Waals surface area contributed by atoms with Gasteiger partial charge in [0.15, 0.2) is 0 Å². The minimum atomic E-state index is -1.69. The highest BCUT2D eigenvalue weighted by molar-refractivity contribution is 5.69. The number of para-hydroxylation sites is 1. The monoisotopic (exact) mass is 392 g/mol. The largest absolute Gasteiger partial charge is 0.492 e. The molecule has 28 heavy (non-hydrogen) atoms. The van der Waals surface area contributed by atoms with E-state index in [2.05, 4.69) is 0 Å². The van der Waals surface area contributed by atoms with Crippen LogP contribution in [0.1, 0.15) is 6.92 Å². The molecule has 154 valence electrons. The summed E-state index contributed by atoms with van der Waals surface area (Å²) in [6.45, 7) is 1.46. The van der Waals surface area contributed by atoms with Crippen LogP contribution >= 0.6 is 0 Å². The van der Waals surface area contributed by atoms with Crippen molar-refractivity contribution in [2.75, 3.05) is 30.4 Å². The molecule has 0 amide bonds. The van der Waals surface area contributed by atoms with Crippen molar-refractivity contribution in [1.82, 2.24) is 0 Å². The maximum Gasteiger partial charge on any atom is 0.144 e. The molecule has 0 heterocycles. The average molecular weight is 392 g/mol. The van der Waals surface area contributed by atoms with Crippen molar-refractivity contribution in [3.05, 3.63) is 48.5 Å². The Labute approximate surface area is 164 Å². The predicted molar refractivity (Wildman–Crippen MR) is 107 cm³/mol. The molecule has 0 fully saturated rings. The van der Waals surface area contributed by atoms with Gasteiger partial charge in [0.05, 0.1) is 25.4 Å². The second-order valence-electron chi connectivity index (χ2n) is 6.40. The third-order valence-electron chi connectivity index (χ3n) is 4.37. The zero-order valence-corrected chi connectivity index (χ0v) is 15.7. The first kappa shape index (κ1) is 21.9. The fourth-order valence-corrected chi connectivity index (χ4v) is 2.80. The van der Waals surface area contributed by atoms with Gasteiger partial charge in [-0.05, 0) is 31.2 Å². The van der Waals surface area contributed by atoms with Gasteiger partial charge in [-0.3, -0.25) is 0 Å². The molecule has 0 aliphatic heterocycles. The Morgan fingerprint density at radius 3 is 2.18 bits per heavy atom. The number of aliphatic hydroxyl groups excluding tert-OH is 5. The average Bonchev–Trinajstić information content (AvgIpc) is 2.72. The fourth-order valence-electron chi connectivity index (χ4n) is 2.80. The van der Waals surface area contributed by atoms with Crippen molar-refractivity contribution < 1.29 is 30.3 Å². The molecule has 2 aromatic carbocycles. The SMILES string of the molecule is CCOc1cc(N(CC(O)C(O)C(O)C(O)CO)c2ccccc2)ccc1N. The summed E-state index contributed by atoms with van der Waals surface area (Å²) >= 11 is 0. The molecule has 0 saturated carbocycles. The summed E-state index contributed by atoms with van der Waals surface area (Å²) in [5.74, 6) is 0.492. The molecule has 0 aromatic heterocycles. The van der Waals surface area contributed by atoms with Crippen LogP contribution in [-0.2, 0) is 0 Å². The molecular formula is C20H28N2O6. The minimum Gasteiger partial charge on any atom is -0.492 e. The van der Waals surface area contributed by atoms with Crippen LogP contribution < -0.4 is 15.4 Å². The molecule has 4 unspecified atom stereocenters. The molecule has 0 spiro atoms. The Kier molecular flexibility index (Phi) is 8.04. The molecule has 0 bridgehead atoms. The minimum absolute atomic E-state index is 0.0874. The molecule has 0 saturated heterocycles. The molecule has 4 atom stereocenters. The molecule has 8 heteroatoms. The van der Waals surface area contributed by atoms with Gasteiger partial charge < -0.3 is 40.9 Å². The van der Waals surface area contributed by atoms with E-state index in [0.717, 1.165) is 5.69 Å². The maximum atomic E-state index is 10.5. The highest BCUT2D eigenvalue weighted by Gasteiger charge is 2.31. The van der Waals surface area contributed by atoms with Gasteiger partial charge in [-0.15, -0.1) is 0 Å². The van der Waals surface area contributed by atoms with Crippen LogP contribution in [-0.4, -0.2) is 69.7 Å². The van der Waals surface area contributed by atoms with Crippen LogP contribution in [0.15, 0.2) is 48.5 Å². The first-order valence-corrected chi connectivity index (χ1v) is 9.07. The first-order valence-electron chi connectivity index (χ1n) is 9.07. The highest BCUT2D eigenvalue weighted by Crippen LogP contribution is 2.32. The number of nitrogens with zero attached hydrogens (tertiary/aromatic N) is 1. The van der Waals surface area contributed by atoms with Gasteiger partial charge in [-0.1, -0.05) is 18.2 Å². The smallest absolute Gasteiger partial charge is 0.144 e. The molecular weight excluding hydrogens is 364 g/mol. The Morgan fingerprint density at radius 2 is 1.57 bits per heavy atom. The van der Waals surface area contributed by atoms with E-state index >= 15 is 0 Å². The Hall–Kier alpha value is -2.36. The quantitative estimate of drug-likeness (QED) is 0.316. The van der Waals surface area contributed by atoms with Crippen LogP contribution in [0, 0.1) is 0 Å². The van der Waals surface area contributed by atoms with Gasteiger partial charge in [0.2, 0.25) is 0 Å². The first-order chi connectivity index (χ1) is 13.4. The van der Waals surface area contributed by atoms with Crippen molar-refractivity contribution >= 4 is 17.1 Å². The number of benzene rings is 2. The van der Waals surface area contributed by atoms with E-state index in [1.54, 1.807) is 23.1 Å². The molecule has 0 radical (unpaired) electrons. The molecule has 2 aromatic rings. The number of hydrogen-bond donors (Lipinski definition) is 6. The molecule has 7 N–H and O–H groups in total. The van der Waals surface area contributed by atoms with Gasteiger partial charge in [0, 0.05) is 17.4 Å². The lowest BCUT2D eigenvalue weighted by molar-refractivity contribution is -0.112. The van der Waals surface area contributed by atoms with E-state index in [4.69, 9.17) is 15.6 Å². The summed E-state index contributed by atoms with van der Waals surface area (Å²) in [5.41, 5.74) is 7.80. The summed E-state index contributed by atoms with van der Waals surface area (Å²) in [4.78, 5) is 1.73. The number of ether oxygens (including phenoxy) is 1. The van der Waals surface area contributed by atoms with E-state index in [0.29, 0.717) is 23.7 Å². The number of anilines is 3. The van der Waals surface area contributed by atoms with E-state index < -0.39 is 31.0 Å². The van der Waals surface area contributed by atoms with Gasteiger partial charge >= 0.3 is 0 Å². The van der Waals surface area contributed by atoms with Crippen LogP contribution in [0.4, 0.5) is 17.1 Å². The van der Waals surface area contributed by atoms with Crippen molar-refractivity contribution in [2.24, 2.45) is 0 Å². The van der Waals surface area contributed by atoms with Gasteiger partial charge in [0.1, 0.15) is 30.2 Å². The maximum absolute atomic E-state index is 10.5. The van der Waals surface area contributed by atoms with Crippen molar-refractivity contribution in [2.45, 2.75) is 31.3 Å². The van der Waals surface area contributed by atoms with Crippen molar-refractivity contribution in [1.29, 1.82) is 0 Å². The number of hydrogen-bond acceptors (Lipinski definition) is 8. The van der Waals surface area contributed by atoms with Crippen LogP contribution in [0.2, 0.25) is 0 Å². The van der Waals surface area contributed by atoms with E-state index in [-0.39, 0.29) is 6.54 Å². The lowest BCUT2D eigenvalue weighted by atomic mass is 10.0. The lowest BCUT2D eigenvalue weighted by Gasteiger charge is -2.32. The zero-order valence-electron chi connectivity index (χ0n) is 15.7. The predicted octanol–water partition coefficient (Wildman–Crippen LogP) is 0.241. The molecule has 8 nitrogen and oxygen atoms in total. The second kappa shape index (κ2) is 10.3. The van der Waals surface area contributed by atoms with Crippen molar-refractivity contribution in [3.63, 3.8) is 0 Å². The summed E-state index contributed by atoms with van der Waals surface area (Å²) < 4.78 is 5.54. The standard InChI is InChI=1S/C20H28N2O6/c1-2-28-18-10-14(8-9-15(18)21)22(13-6-4-3-5-7-13)11-16(24)19(26)20(27)17(25)12-23/h3-10,16-17,19-20,23-27H,2,11-12,21H2,1H3. The van der Waals surface area contributed by atoms with Crippen LogP contribution in [0.3, 0.4) is 0 Å². The second-order valence-corrected chi connectivity index (χ2v) is 6.40. The normalized spacial score (nSPS) is 15.5. The van der Waals surface area contributed by atoms with Crippen molar-refractivity contribution in [3.8, 4) is 5.75 Å². The third-order valence-corrected chi connectivity index (χ3v) is 4.37. The number of aliphatic hydroxyl groups is 5. The lowest BCUT2D eigenvalue weighted by Crippen LogP contribution is -2.49. The van der Waals surface area contributed by atoms with Gasteiger partial charge in [-0.25, -0.2) is 0 Å². The van der Waals surface area contributed by atoms with E-state index in [1.165, 1.54) is 0 Å². The van der Waals surface area contributed by atoms with Crippen LogP contribution in [0.5, 0.6) is 5.75 Å². The molecule has 0 aliphatic carbocycles. The highest BCUT2D eigenvalue weighted by atomic mass is 16.5. The molecule has 2 rings (SSSR count). The van der Waals surface area contributed by atoms with Gasteiger partial charge in [0.25, 0.3) is 0 Å². The summed E-state index contributed by atoms with van der Waals surface area (Å²) in [7, 11) is 0. The van der Waals surface area contributed by atoms with Gasteiger partial charge in [-0.2, -0.15) is 0 Å². The number of nitrogen functional groups attached to an aromatic ring is 1. The number of rotatable bonds is 10. The Morgan fingerprint density at radius 1 is 0.929 bits per heavy atom. The summed E-state index contributed by atoms with van der Waals surface area (Å²) in [6.07, 6.45) is -6.32. The van der Waals surface area contributed by atoms with Crippen LogP contribution in [0.25, 0.3) is 0 Å². The molecule has 0 aliphatic rings. The third kappa shape index (κ3) is 5.34. The zero-order chi connectivity index (χ0) is 20.7.